The summed E-state index contributed by atoms with van der Waals surface area (Å²) in [6.45, 7) is 2.26. The fourth-order valence-corrected chi connectivity index (χ4v) is 2.25. The van der Waals surface area contributed by atoms with Crippen molar-refractivity contribution < 1.29 is 9.84 Å². The fourth-order valence-electron chi connectivity index (χ4n) is 2.25. The van der Waals surface area contributed by atoms with E-state index >= 15 is 0 Å². The Bertz CT molecular complexity index is 325. The lowest BCUT2D eigenvalue weighted by molar-refractivity contribution is 0.0903. The van der Waals surface area contributed by atoms with Crippen LogP contribution in [-0.2, 0) is 4.74 Å². The van der Waals surface area contributed by atoms with Crippen LogP contribution in [0.2, 0.25) is 0 Å². The molecule has 2 N–H and O–H groups in total. The van der Waals surface area contributed by atoms with Gasteiger partial charge in [0.2, 0.25) is 0 Å². The maximum absolute atomic E-state index is 8.60. The zero-order valence-corrected chi connectivity index (χ0v) is 10.8. The monoisotopic (exact) mass is 249 g/mol. The molecule has 18 heavy (non-hydrogen) atoms. The van der Waals surface area contributed by atoms with Gasteiger partial charge in [-0.05, 0) is 37.3 Å². The third-order valence-electron chi connectivity index (χ3n) is 3.32. The summed E-state index contributed by atoms with van der Waals surface area (Å²) in [6, 6.07) is 11.2. The summed E-state index contributed by atoms with van der Waals surface area (Å²) < 4.78 is 5.26. The van der Waals surface area contributed by atoms with Crippen LogP contribution in [0.25, 0.3) is 0 Å². The van der Waals surface area contributed by atoms with Crippen molar-refractivity contribution in [2.45, 2.75) is 25.3 Å². The molecule has 0 amide bonds. The summed E-state index contributed by atoms with van der Waals surface area (Å²) in [7, 11) is 0. The Labute approximate surface area is 109 Å². The fraction of sp³-hybridized carbons (Fsp3) is 0.600. The van der Waals surface area contributed by atoms with E-state index in [2.05, 4.69) is 35.6 Å². The van der Waals surface area contributed by atoms with Crippen molar-refractivity contribution in [3.63, 3.8) is 0 Å². The maximum atomic E-state index is 8.60. The average Bonchev–Trinajstić information content (AvgIpc) is 3.23. The quantitative estimate of drug-likeness (QED) is 0.659. The zero-order chi connectivity index (χ0) is 12.6. The Balaban J connectivity index is 1.71. The molecule has 0 heterocycles. The molecule has 1 saturated carbocycles. The molecule has 0 saturated heterocycles. The van der Waals surface area contributed by atoms with Gasteiger partial charge in [0, 0.05) is 12.6 Å². The van der Waals surface area contributed by atoms with E-state index in [1.807, 2.05) is 0 Å². The predicted molar refractivity (Wildman–Crippen MR) is 72.4 cm³/mol. The highest BCUT2D eigenvalue weighted by Gasteiger charge is 2.31. The number of rotatable bonds is 9. The normalized spacial score (nSPS) is 16.7. The van der Waals surface area contributed by atoms with Gasteiger partial charge in [0.1, 0.15) is 0 Å². The van der Waals surface area contributed by atoms with E-state index in [0.29, 0.717) is 12.6 Å². The first-order chi connectivity index (χ1) is 8.92. The molecule has 2 rings (SSSR count). The SMILES string of the molecule is OCCOCCCNC(c1ccccc1)C1CC1. The predicted octanol–water partition coefficient (Wildman–Crippen LogP) is 2.13. The lowest BCUT2D eigenvalue weighted by atomic mass is 10.0. The van der Waals surface area contributed by atoms with E-state index in [0.717, 1.165) is 25.5 Å². The van der Waals surface area contributed by atoms with E-state index in [4.69, 9.17) is 9.84 Å². The molecule has 1 aromatic rings. The van der Waals surface area contributed by atoms with Gasteiger partial charge < -0.3 is 15.2 Å². The number of nitrogens with one attached hydrogen (secondary N) is 1. The Kier molecular flexibility index (Phi) is 5.65. The van der Waals surface area contributed by atoms with Gasteiger partial charge in [-0.1, -0.05) is 30.3 Å². The largest absolute Gasteiger partial charge is 0.394 e. The molecular formula is C15H23NO2. The first kappa shape index (κ1) is 13.5. The minimum Gasteiger partial charge on any atom is -0.394 e. The highest BCUT2D eigenvalue weighted by atomic mass is 16.5. The number of benzene rings is 1. The summed E-state index contributed by atoms with van der Waals surface area (Å²) in [5, 5.41) is 12.2. The molecule has 0 bridgehead atoms. The molecule has 1 aromatic carbocycles. The molecule has 0 aromatic heterocycles. The van der Waals surface area contributed by atoms with Crippen LogP contribution in [0.5, 0.6) is 0 Å². The molecule has 100 valence electrons. The third-order valence-corrected chi connectivity index (χ3v) is 3.32. The molecule has 1 fully saturated rings. The van der Waals surface area contributed by atoms with Crippen LogP contribution in [0.3, 0.4) is 0 Å². The molecule has 0 radical (unpaired) electrons. The second-order valence-corrected chi connectivity index (χ2v) is 4.87. The molecule has 1 aliphatic rings. The van der Waals surface area contributed by atoms with Gasteiger partial charge in [-0.15, -0.1) is 0 Å². The summed E-state index contributed by atoms with van der Waals surface area (Å²) in [4.78, 5) is 0. The van der Waals surface area contributed by atoms with Crippen LogP contribution >= 0.6 is 0 Å². The van der Waals surface area contributed by atoms with Gasteiger partial charge in [-0.2, -0.15) is 0 Å². The van der Waals surface area contributed by atoms with Gasteiger partial charge >= 0.3 is 0 Å². The molecule has 1 unspecified atom stereocenters. The topological polar surface area (TPSA) is 41.5 Å². The van der Waals surface area contributed by atoms with Gasteiger partial charge in [0.15, 0.2) is 0 Å². The number of hydrogen-bond donors (Lipinski definition) is 2. The molecular weight excluding hydrogens is 226 g/mol. The van der Waals surface area contributed by atoms with Crippen molar-refractivity contribution in [1.29, 1.82) is 0 Å². The van der Waals surface area contributed by atoms with Crippen LogP contribution in [0.1, 0.15) is 30.9 Å². The van der Waals surface area contributed by atoms with Crippen LogP contribution < -0.4 is 5.32 Å². The van der Waals surface area contributed by atoms with Crippen LogP contribution in [0, 0.1) is 5.92 Å². The van der Waals surface area contributed by atoms with Crippen molar-refractivity contribution in [2.75, 3.05) is 26.4 Å². The molecule has 1 aliphatic carbocycles. The number of hydrogen-bond acceptors (Lipinski definition) is 3. The van der Waals surface area contributed by atoms with E-state index in [-0.39, 0.29) is 6.61 Å². The van der Waals surface area contributed by atoms with E-state index in [9.17, 15) is 0 Å². The zero-order valence-electron chi connectivity index (χ0n) is 10.8. The maximum Gasteiger partial charge on any atom is 0.0697 e. The highest BCUT2D eigenvalue weighted by Crippen LogP contribution is 2.40. The highest BCUT2D eigenvalue weighted by molar-refractivity contribution is 5.21. The van der Waals surface area contributed by atoms with Gasteiger partial charge in [-0.25, -0.2) is 0 Å². The summed E-state index contributed by atoms with van der Waals surface area (Å²) >= 11 is 0. The van der Waals surface area contributed by atoms with E-state index < -0.39 is 0 Å². The Morgan fingerprint density at radius 1 is 1.22 bits per heavy atom. The standard InChI is InChI=1S/C15H23NO2/c17-10-12-18-11-4-9-16-15(14-7-8-14)13-5-2-1-3-6-13/h1-3,5-6,14-17H,4,7-12H2. The van der Waals surface area contributed by atoms with Crippen molar-refractivity contribution in [2.24, 2.45) is 5.92 Å². The van der Waals surface area contributed by atoms with Crippen molar-refractivity contribution in [3.8, 4) is 0 Å². The van der Waals surface area contributed by atoms with Crippen molar-refractivity contribution >= 4 is 0 Å². The summed E-state index contributed by atoms with van der Waals surface area (Å²) in [5.41, 5.74) is 1.40. The average molecular weight is 249 g/mol. The first-order valence-corrected chi connectivity index (χ1v) is 6.88. The van der Waals surface area contributed by atoms with Gasteiger partial charge in [-0.3, -0.25) is 0 Å². The van der Waals surface area contributed by atoms with Crippen LogP contribution in [-0.4, -0.2) is 31.5 Å². The lowest BCUT2D eigenvalue weighted by Crippen LogP contribution is -2.25. The van der Waals surface area contributed by atoms with Crippen LogP contribution in [0.4, 0.5) is 0 Å². The van der Waals surface area contributed by atoms with Crippen molar-refractivity contribution in [3.05, 3.63) is 35.9 Å². The van der Waals surface area contributed by atoms with Crippen molar-refractivity contribution in [1.82, 2.24) is 5.32 Å². The molecule has 1 atom stereocenters. The Hall–Kier alpha value is -0.900. The number of ether oxygens (including phenoxy) is 1. The summed E-state index contributed by atoms with van der Waals surface area (Å²) in [5.74, 6) is 0.811. The first-order valence-electron chi connectivity index (χ1n) is 6.88. The second kappa shape index (κ2) is 7.52. The van der Waals surface area contributed by atoms with E-state index in [1.54, 1.807) is 0 Å². The summed E-state index contributed by atoms with van der Waals surface area (Å²) in [6.07, 6.45) is 3.68. The molecule has 0 spiro atoms. The number of aliphatic hydroxyl groups is 1. The van der Waals surface area contributed by atoms with Crippen LogP contribution in [0.15, 0.2) is 30.3 Å². The third kappa shape index (κ3) is 4.41. The Morgan fingerprint density at radius 2 is 2.00 bits per heavy atom. The minimum absolute atomic E-state index is 0.113. The molecule has 3 nitrogen and oxygen atoms in total. The molecule has 0 aliphatic heterocycles. The van der Waals surface area contributed by atoms with Gasteiger partial charge in [0.05, 0.1) is 13.2 Å². The smallest absolute Gasteiger partial charge is 0.0697 e. The minimum atomic E-state index is 0.113. The van der Waals surface area contributed by atoms with E-state index in [1.165, 1.54) is 18.4 Å². The molecule has 3 heteroatoms. The second-order valence-electron chi connectivity index (χ2n) is 4.87. The Morgan fingerprint density at radius 3 is 2.67 bits per heavy atom. The van der Waals surface area contributed by atoms with Gasteiger partial charge in [0.25, 0.3) is 0 Å². The lowest BCUT2D eigenvalue weighted by Gasteiger charge is -2.18. The number of aliphatic hydroxyl groups excluding tert-OH is 1.